The minimum absolute atomic E-state index is 0.0369. The summed E-state index contributed by atoms with van der Waals surface area (Å²) in [6.07, 6.45) is 6.27. The molecule has 4 aliphatic rings. The molecule has 2 saturated heterocycles. The van der Waals surface area contributed by atoms with Gasteiger partial charge in [-0.15, -0.1) is 0 Å². The lowest BCUT2D eigenvalue weighted by molar-refractivity contribution is -0.145. The molecule has 4 atom stereocenters. The molecule has 0 saturated carbocycles. The average molecular weight is 367 g/mol. The first-order chi connectivity index (χ1) is 12.8. The molecule has 2 fully saturated rings. The topological polar surface area (TPSA) is 62.7 Å². The minimum atomic E-state index is -0.634. The highest BCUT2D eigenvalue weighted by Gasteiger charge is 2.68. The van der Waals surface area contributed by atoms with Crippen LogP contribution >= 0.6 is 0 Å². The van der Waals surface area contributed by atoms with Crippen LogP contribution in [-0.2, 0) is 27.3 Å². The Kier molecular flexibility index (Phi) is 3.39. The Morgan fingerprint density at radius 3 is 2.96 bits per heavy atom. The molecule has 0 radical (unpaired) electrons. The lowest BCUT2D eigenvalue weighted by Crippen LogP contribution is -2.48. The van der Waals surface area contributed by atoms with Crippen LogP contribution in [0.5, 0.6) is 0 Å². The van der Waals surface area contributed by atoms with Crippen molar-refractivity contribution in [1.82, 2.24) is 14.8 Å². The van der Waals surface area contributed by atoms with E-state index in [1.54, 1.807) is 6.20 Å². The number of amides is 2. The number of hydrogen-bond donors (Lipinski definition) is 0. The van der Waals surface area contributed by atoms with Crippen LogP contribution in [0.25, 0.3) is 0 Å². The SMILES string of the molecule is CC(C)(C)N1C[C@]23C=C[C@H](O2)[C@@H](C(=O)N2CCc4ncccc4C2)[C@H]3C1=O. The van der Waals surface area contributed by atoms with Crippen LogP contribution in [-0.4, -0.2) is 56.9 Å². The highest BCUT2D eigenvalue weighted by atomic mass is 16.5. The molecule has 2 amide bonds. The summed E-state index contributed by atoms with van der Waals surface area (Å²) in [5.41, 5.74) is 1.25. The van der Waals surface area contributed by atoms with Crippen molar-refractivity contribution in [1.29, 1.82) is 0 Å². The van der Waals surface area contributed by atoms with Crippen molar-refractivity contribution >= 4 is 11.8 Å². The number of ether oxygens (including phenoxy) is 1. The van der Waals surface area contributed by atoms with Crippen LogP contribution in [0, 0.1) is 11.8 Å². The quantitative estimate of drug-likeness (QED) is 0.707. The molecular formula is C21H25N3O3. The van der Waals surface area contributed by atoms with Gasteiger partial charge in [-0.1, -0.05) is 18.2 Å². The molecule has 5 heterocycles. The molecule has 0 N–H and O–H groups in total. The molecule has 0 unspecified atom stereocenters. The van der Waals surface area contributed by atoms with Crippen molar-refractivity contribution in [2.45, 2.75) is 51.0 Å². The van der Waals surface area contributed by atoms with Crippen molar-refractivity contribution in [3.8, 4) is 0 Å². The number of likely N-dealkylation sites (tertiary alicyclic amines) is 1. The first-order valence-electron chi connectivity index (χ1n) is 9.70. The van der Waals surface area contributed by atoms with Gasteiger partial charge in [-0.05, 0) is 32.4 Å². The summed E-state index contributed by atoms with van der Waals surface area (Å²) in [4.78, 5) is 34.9. The Bertz CT molecular complexity index is 858. The van der Waals surface area contributed by atoms with Gasteiger partial charge in [0.1, 0.15) is 5.60 Å². The second-order valence-electron chi connectivity index (χ2n) is 9.11. The van der Waals surface area contributed by atoms with Crippen LogP contribution in [0.15, 0.2) is 30.5 Å². The number of carbonyl (C=O) groups is 2. The largest absolute Gasteiger partial charge is 0.360 e. The van der Waals surface area contributed by atoms with Crippen molar-refractivity contribution in [2.75, 3.05) is 13.1 Å². The maximum absolute atomic E-state index is 13.5. The molecule has 5 rings (SSSR count). The van der Waals surface area contributed by atoms with E-state index in [0.717, 1.165) is 17.7 Å². The fourth-order valence-corrected chi connectivity index (χ4v) is 5.11. The van der Waals surface area contributed by atoms with Crippen molar-refractivity contribution in [3.63, 3.8) is 0 Å². The number of hydrogen-bond acceptors (Lipinski definition) is 4. The summed E-state index contributed by atoms with van der Waals surface area (Å²) >= 11 is 0. The van der Waals surface area contributed by atoms with E-state index in [2.05, 4.69) is 4.98 Å². The van der Waals surface area contributed by atoms with Gasteiger partial charge in [0, 0.05) is 36.9 Å². The highest BCUT2D eigenvalue weighted by Crippen LogP contribution is 2.53. The van der Waals surface area contributed by atoms with Gasteiger partial charge in [-0.3, -0.25) is 14.6 Å². The molecule has 1 aromatic rings. The lowest BCUT2D eigenvalue weighted by Gasteiger charge is -2.35. The Labute approximate surface area is 159 Å². The van der Waals surface area contributed by atoms with Gasteiger partial charge >= 0.3 is 0 Å². The third-order valence-electron chi connectivity index (χ3n) is 6.47. The summed E-state index contributed by atoms with van der Waals surface area (Å²) < 4.78 is 6.24. The predicted molar refractivity (Wildman–Crippen MR) is 98.5 cm³/mol. The molecule has 0 aromatic carbocycles. The maximum atomic E-state index is 13.5. The third kappa shape index (κ3) is 2.32. The number of fused-ring (bicyclic) bond motifs is 2. The Balaban J connectivity index is 1.44. The van der Waals surface area contributed by atoms with Gasteiger partial charge in [0.15, 0.2) is 0 Å². The third-order valence-corrected chi connectivity index (χ3v) is 6.47. The van der Waals surface area contributed by atoms with Gasteiger partial charge in [-0.25, -0.2) is 0 Å². The molecule has 0 aliphatic carbocycles. The van der Waals surface area contributed by atoms with E-state index in [9.17, 15) is 9.59 Å². The van der Waals surface area contributed by atoms with E-state index >= 15 is 0 Å². The standard InChI is InChI=1S/C21H25N3O3/c1-20(2,3)24-12-21-8-6-15(27-21)16(17(21)19(24)26)18(25)23-10-7-14-13(11-23)5-4-9-22-14/h4-6,8-9,15-17H,7,10-12H2,1-3H3/t15-,16+,17-,21-/m0/s1. The zero-order valence-corrected chi connectivity index (χ0v) is 16.0. The van der Waals surface area contributed by atoms with E-state index in [1.807, 2.05) is 54.9 Å². The molecule has 142 valence electrons. The second kappa shape index (κ2) is 5.41. The number of nitrogens with zero attached hydrogens (tertiary/aromatic N) is 3. The fourth-order valence-electron chi connectivity index (χ4n) is 5.11. The number of aromatic nitrogens is 1. The normalized spacial score (nSPS) is 34.2. The summed E-state index contributed by atoms with van der Waals surface area (Å²) in [6.45, 7) is 7.83. The fraction of sp³-hybridized carbons (Fsp3) is 0.571. The van der Waals surface area contributed by atoms with E-state index in [0.29, 0.717) is 19.6 Å². The number of carbonyl (C=O) groups excluding carboxylic acids is 2. The Morgan fingerprint density at radius 1 is 1.37 bits per heavy atom. The molecule has 1 aromatic heterocycles. The molecule has 4 aliphatic heterocycles. The molecule has 6 heteroatoms. The first kappa shape index (κ1) is 16.9. The van der Waals surface area contributed by atoms with Crippen LogP contribution < -0.4 is 0 Å². The second-order valence-corrected chi connectivity index (χ2v) is 9.11. The van der Waals surface area contributed by atoms with E-state index in [4.69, 9.17) is 4.74 Å². The summed E-state index contributed by atoms with van der Waals surface area (Å²) in [5.74, 6) is -0.746. The van der Waals surface area contributed by atoms with Crippen molar-refractivity contribution in [2.24, 2.45) is 11.8 Å². The van der Waals surface area contributed by atoms with Crippen molar-refractivity contribution in [3.05, 3.63) is 41.7 Å². The highest BCUT2D eigenvalue weighted by molar-refractivity contribution is 5.93. The van der Waals surface area contributed by atoms with Crippen LogP contribution in [0.1, 0.15) is 32.0 Å². The van der Waals surface area contributed by atoms with Gasteiger partial charge in [-0.2, -0.15) is 0 Å². The van der Waals surface area contributed by atoms with Crippen molar-refractivity contribution < 1.29 is 14.3 Å². The van der Waals surface area contributed by atoms with E-state index in [-0.39, 0.29) is 23.5 Å². The van der Waals surface area contributed by atoms with E-state index < -0.39 is 17.4 Å². The van der Waals surface area contributed by atoms with Crippen LogP contribution in [0.3, 0.4) is 0 Å². The van der Waals surface area contributed by atoms with Crippen LogP contribution in [0.2, 0.25) is 0 Å². The first-order valence-corrected chi connectivity index (χ1v) is 9.70. The molecule has 27 heavy (non-hydrogen) atoms. The Hall–Kier alpha value is -2.21. The average Bonchev–Trinajstić information content (AvgIpc) is 3.28. The van der Waals surface area contributed by atoms with E-state index in [1.165, 1.54) is 0 Å². The van der Waals surface area contributed by atoms with Gasteiger partial charge in [0.2, 0.25) is 11.8 Å². The lowest BCUT2D eigenvalue weighted by atomic mass is 9.76. The molecule has 1 spiro atoms. The van der Waals surface area contributed by atoms with Crippen LogP contribution in [0.4, 0.5) is 0 Å². The molecule has 2 bridgehead atoms. The zero-order chi connectivity index (χ0) is 19.0. The molecular weight excluding hydrogens is 342 g/mol. The molecule has 6 nitrogen and oxygen atoms in total. The maximum Gasteiger partial charge on any atom is 0.230 e. The smallest absolute Gasteiger partial charge is 0.230 e. The predicted octanol–water partition coefficient (Wildman–Crippen LogP) is 1.55. The zero-order valence-electron chi connectivity index (χ0n) is 16.0. The van der Waals surface area contributed by atoms with Gasteiger partial charge in [0.25, 0.3) is 0 Å². The number of pyridine rings is 1. The summed E-state index contributed by atoms with van der Waals surface area (Å²) in [5, 5.41) is 0. The minimum Gasteiger partial charge on any atom is -0.360 e. The Morgan fingerprint density at radius 2 is 2.19 bits per heavy atom. The monoisotopic (exact) mass is 367 g/mol. The van der Waals surface area contributed by atoms with Gasteiger partial charge in [0.05, 0.1) is 24.5 Å². The number of rotatable bonds is 1. The summed E-state index contributed by atoms with van der Waals surface area (Å²) in [7, 11) is 0. The summed E-state index contributed by atoms with van der Waals surface area (Å²) in [6, 6.07) is 3.94. The van der Waals surface area contributed by atoms with Gasteiger partial charge < -0.3 is 14.5 Å².